The molecule has 0 radical (unpaired) electrons. The first-order valence-corrected chi connectivity index (χ1v) is 8.37. The van der Waals surface area contributed by atoms with Gasteiger partial charge in [-0.2, -0.15) is 0 Å². The number of benzene rings is 1. The van der Waals surface area contributed by atoms with Gasteiger partial charge in [-0.25, -0.2) is 0 Å². The van der Waals surface area contributed by atoms with Crippen LogP contribution in [0.4, 0.5) is 0 Å². The number of hydrogen-bond acceptors (Lipinski definition) is 3. The number of aliphatic hydroxyl groups excluding tert-OH is 1. The molecule has 1 aliphatic rings. The number of aliphatic hydroxyl groups is 1. The van der Waals surface area contributed by atoms with Crippen molar-refractivity contribution in [2.45, 2.75) is 25.6 Å². The van der Waals surface area contributed by atoms with Crippen molar-refractivity contribution in [1.82, 2.24) is 0 Å². The molecule has 0 bridgehead atoms. The van der Waals surface area contributed by atoms with Gasteiger partial charge in [0.05, 0.1) is 3.79 Å². The summed E-state index contributed by atoms with van der Waals surface area (Å²) < 4.78 is 7.65. The Morgan fingerprint density at radius 1 is 1.37 bits per heavy atom. The van der Waals surface area contributed by atoms with Crippen molar-refractivity contribution in [3.8, 4) is 5.75 Å². The molecule has 3 rings (SSSR count). The van der Waals surface area contributed by atoms with E-state index in [4.69, 9.17) is 4.74 Å². The third-order valence-corrected chi connectivity index (χ3v) is 6.48. The normalized spacial score (nSPS) is 19.1. The van der Waals surface area contributed by atoms with Crippen molar-refractivity contribution < 1.29 is 9.84 Å². The Morgan fingerprint density at radius 3 is 2.84 bits per heavy atom. The fourth-order valence-electron chi connectivity index (χ4n) is 2.27. The lowest BCUT2D eigenvalue weighted by molar-refractivity contribution is 0.224. The lowest BCUT2D eigenvalue weighted by atomic mass is 10.0. The number of rotatable bonds is 2. The Morgan fingerprint density at radius 2 is 2.16 bits per heavy atom. The van der Waals surface area contributed by atoms with Crippen LogP contribution in [0.2, 0.25) is 0 Å². The third kappa shape index (κ3) is 2.61. The zero-order valence-electron chi connectivity index (χ0n) is 10.2. The van der Waals surface area contributed by atoms with Gasteiger partial charge in [0.15, 0.2) is 0 Å². The standard InChI is InChI=1S/C14H12Br2O2S/c1-7-4-9-5-8(2-3-11(9)18-7)13(17)12-6-10(15)14(16)19-12/h2-3,5-7,13,17H,4H2,1H3. The summed E-state index contributed by atoms with van der Waals surface area (Å²) in [7, 11) is 0. The molecule has 0 spiro atoms. The second-order valence-electron chi connectivity index (χ2n) is 4.67. The maximum Gasteiger partial charge on any atom is 0.123 e. The van der Waals surface area contributed by atoms with Gasteiger partial charge in [0.1, 0.15) is 18.0 Å². The lowest BCUT2D eigenvalue weighted by Gasteiger charge is -2.10. The summed E-state index contributed by atoms with van der Waals surface area (Å²) in [5.74, 6) is 0.942. The third-order valence-electron chi connectivity index (χ3n) is 3.17. The molecule has 1 aromatic heterocycles. The van der Waals surface area contributed by atoms with Gasteiger partial charge < -0.3 is 9.84 Å². The Bertz CT molecular complexity index is 604. The van der Waals surface area contributed by atoms with Crippen LogP contribution >= 0.6 is 43.2 Å². The SMILES string of the molecule is CC1Cc2cc(C(O)c3cc(Br)c(Br)s3)ccc2O1. The van der Waals surface area contributed by atoms with E-state index in [1.165, 1.54) is 16.9 Å². The summed E-state index contributed by atoms with van der Waals surface area (Å²) in [6.45, 7) is 2.06. The molecule has 0 saturated carbocycles. The van der Waals surface area contributed by atoms with Crippen LogP contribution in [0.25, 0.3) is 0 Å². The van der Waals surface area contributed by atoms with E-state index in [1.54, 1.807) is 0 Å². The van der Waals surface area contributed by atoms with E-state index in [0.717, 1.165) is 30.9 Å². The van der Waals surface area contributed by atoms with Crippen LogP contribution in [0.3, 0.4) is 0 Å². The second kappa shape index (κ2) is 5.20. The molecule has 2 atom stereocenters. The van der Waals surface area contributed by atoms with Gasteiger partial charge in [-0.1, -0.05) is 6.07 Å². The molecule has 1 aliphatic heterocycles. The summed E-state index contributed by atoms with van der Waals surface area (Å²) in [6.07, 6.45) is 0.550. The number of thiophene rings is 1. The minimum atomic E-state index is -0.589. The first-order valence-electron chi connectivity index (χ1n) is 5.97. The Hall–Kier alpha value is -0.360. The summed E-state index contributed by atoms with van der Waals surface area (Å²) in [6, 6.07) is 7.88. The van der Waals surface area contributed by atoms with Crippen LogP contribution < -0.4 is 4.74 Å². The van der Waals surface area contributed by atoms with Crippen LogP contribution in [0.15, 0.2) is 32.5 Å². The molecule has 2 unspecified atom stereocenters. The van der Waals surface area contributed by atoms with Crippen molar-refractivity contribution in [3.63, 3.8) is 0 Å². The molecule has 1 aromatic carbocycles. The van der Waals surface area contributed by atoms with E-state index in [9.17, 15) is 5.11 Å². The van der Waals surface area contributed by atoms with Crippen molar-refractivity contribution in [2.75, 3.05) is 0 Å². The molecule has 100 valence electrons. The fourth-order valence-corrected chi connectivity index (χ4v) is 4.38. The number of fused-ring (bicyclic) bond motifs is 1. The number of halogens is 2. The van der Waals surface area contributed by atoms with E-state index in [1.807, 2.05) is 24.3 Å². The molecule has 2 heterocycles. The van der Waals surface area contributed by atoms with Crippen molar-refractivity contribution in [3.05, 3.63) is 48.5 Å². The predicted molar refractivity (Wildman–Crippen MR) is 84.0 cm³/mol. The maximum atomic E-state index is 10.5. The largest absolute Gasteiger partial charge is 0.490 e. The van der Waals surface area contributed by atoms with Crippen LogP contribution in [-0.4, -0.2) is 11.2 Å². The zero-order chi connectivity index (χ0) is 13.6. The zero-order valence-corrected chi connectivity index (χ0v) is 14.2. The molecular weight excluding hydrogens is 392 g/mol. The lowest BCUT2D eigenvalue weighted by Crippen LogP contribution is -2.05. The van der Waals surface area contributed by atoms with Crippen LogP contribution in [0.1, 0.15) is 29.0 Å². The van der Waals surface area contributed by atoms with Crippen LogP contribution in [-0.2, 0) is 6.42 Å². The molecule has 0 aliphatic carbocycles. The smallest absolute Gasteiger partial charge is 0.123 e. The number of hydrogen-bond donors (Lipinski definition) is 1. The second-order valence-corrected chi connectivity index (χ2v) is 7.93. The van der Waals surface area contributed by atoms with Gasteiger partial charge in [0.2, 0.25) is 0 Å². The highest BCUT2D eigenvalue weighted by Gasteiger charge is 2.22. The molecule has 0 saturated heterocycles. The summed E-state index contributed by atoms with van der Waals surface area (Å²) in [4.78, 5) is 0.922. The summed E-state index contributed by atoms with van der Waals surface area (Å²) in [5.41, 5.74) is 2.09. The highest BCUT2D eigenvalue weighted by atomic mass is 79.9. The van der Waals surface area contributed by atoms with Gasteiger partial charge in [-0.05, 0) is 68.1 Å². The van der Waals surface area contributed by atoms with E-state index in [2.05, 4.69) is 38.8 Å². The minimum Gasteiger partial charge on any atom is -0.490 e. The van der Waals surface area contributed by atoms with E-state index in [0.29, 0.717) is 0 Å². The molecule has 5 heteroatoms. The van der Waals surface area contributed by atoms with Crippen molar-refractivity contribution in [2.24, 2.45) is 0 Å². The van der Waals surface area contributed by atoms with E-state index >= 15 is 0 Å². The van der Waals surface area contributed by atoms with E-state index in [-0.39, 0.29) is 6.10 Å². The van der Waals surface area contributed by atoms with Crippen molar-refractivity contribution in [1.29, 1.82) is 0 Å². The van der Waals surface area contributed by atoms with Crippen molar-refractivity contribution >= 4 is 43.2 Å². The molecule has 0 fully saturated rings. The van der Waals surface area contributed by atoms with Crippen LogP contribution in [0, 0.1) is 0 Å². The fraction of sp³-hybridized carbons (Fsp3) is 0.286. The minimum absolute atomic E-state index is 0.229. The highest BCUT2D eigenvalue weighted by Crippen LogP contribution is 2.39. The molecule has 19 heavy (non-hydrogen) atoms. The van der Waals surface area contributed by atoms with Gasteiger partial charge >= 0.3 is 0 Å². The topological polar surface area (TPSA) is 29.5 Å². The first kappa shape index (κ1) is 13.6. The monoisotopic (exact) mass is 402 g/mol. The predicted octanol–water partition coefficient (Wildman–Crippen LogP) is 4.68. The maximum absolute atomic E-state index is 10.5. The molecular formula is C14H12Br2O2S. The quantitative estimate of drug-likeness (QED) is 0.788. The highest BCUT2D eigenvalue weighted by molar-refractivity contribution is 9.13. The van der Waals surface area contributed by atoms with E-state index < -0.39 is 6.10 Å². The Labute approximate surface area is 132 Å². The molecule has 2 aromatic rings. The Kier molecular flexibility index (Phi) is 3.73. The Balaban J connectivity index is 1.92. The average molecular weight is 404 g/mol. The van der Waals surface area contributed by atoms with Gasteiger partial charge in [-0.3, -0.25) is 0 Å². The molecule has 1 N–H and O–H groups in total. The molecule has 0 amide bonds. The van der Waals surface area contributed by atoms with Crippen LogP contribution in [0.5, 0.6) is 5.75 Å². The van der Waals surface area contributed by atoms with Gasteiger partial charge in [-0.15, -0.1) is 11.3 Å². The summed E-state index contributed by atoms with van der Waals surface area (Å²) in [5, 5.41) is 10.5. The summed E-state index contributed by atoms with van der Waals surface area (Å²) >= 11 is 8.44. The van der Waals surface area contributed by atoms with Gasteiger partial charge in [0.25, 0.3) is 0 Å². The number of ether oxygens (including phenoxy) is 1. The average Bonchev–Trinajstić information content (AvgIpc) is 2.90. The van der Waals surface area contributed by atoms with Gasteiger partial charge in [0, 0.05) is 15.8 Å². The molecule has 2 nitrogen and oxygen atoms in total. The first-order chi connectivity index (χ1) is 9.04.